The summed E-state index contributed by atoms with van der Waals surface area (Å²) in [5.41, 5.74) is -0.0361. The predicted molar refractivity (Wildman–Crippen MR) is 54.7 cm³/mol. The molecule has 0 atom stereocenters. The first-order valence-corrected chi connectivity index (χ1v) is 4.55. The highest BCUT2D eigenvalue weighted by atomic mass is 35.5. The largest absolute Gasteiger partial charge is 0.490 e. The number of hydrogen-bond donors (Lipinski definition) is 0. The van der Waals surface area contributed by atoms with Crippen LogP contribution in [0, 0.1) is 10.1 Å². The molecule has 0 heterocycles. The van der Waals surface area contributed by atoms with Crippen LogP contribution in [0.5, 0.6) is 5.75 Å². The van der Waals surface area contributed by atoms with E-state index in [0.29, 0.717) is 0 Å². The Bertz CT molecular complexity index is 405. The van der Waals surface area contributed by atoms with Crippen LogP contribution >= 0.6 is 11.6 Å². The zero-order valence-corrected chi connectivity index (χ0v) is 8.65. The fourth-order valence-electron chi connectivity index (χ4n) is 1.08. The number of nitro benzene ring substituents is 1. The fraction of sp³-hybridized carbons (Fsp3) is 0.222. The van der Waals surface area contributed by atoms with Gasteiger partial charge in [-0.25, -0.2) is 0 Å². The number of halogens is 1. The topological polar surface area (TPSA) is 69.4 Å². The molecule has 0 saturated carbocycles. The number of carbonyl (C=O) groups is 1. The zero-order chi connectivity index (χ0) is 11.4. The molecule has 0 saturated heterocycles. The van der Waals surface area contributed by atoms with E-state index in [1.807, 2.05) is 0 Å². The molecule has 0 aliphatic carbocycles. The van der Waals surface area contributed by atoms with E-state index >= 15 is 0 Å². The summed E-state index contributed by atoms with van der Waals surface area (Å²) in [6.07, 6.45) is 0. The Hall–Kier alpha value is -1.62. The Labute approximate surface area is 90.8 Å². The summed E-state index contributed by atoms with van der Waals surface area (Å²) < 4.78 is 4.79. The van der Waals surface area contributed by atoms with Gasteiger partial charge in [0.15, 0.2) is 11.5 Å². The number of Topliss-reactive ketones (excluding diaryl/α,β-unsaturated/α-hetero) is 1. The summed E-state index contributed by atoms with van der Waals surface area (Å²) in [6.45, 7) is 0. The van der Waals surface area contributed by atoms with Crippen LogP contribution < -0.4 is 4.74 Å². The second-order valence-electron chi connectivity index (χ2n) is 2.70. The zero-order valence-electron chi connectivity index (χ0n) is 7.90. The van der Waals surface area contributed by atoms with Gasteiger partial charge in [-0.3, -0.25) is 14.9 Å². The second-order valence-corrected chi connectivity index (χ2v) is 2.97. The third kappa shape index (κ3) is 2.44. The average molecular weight is 230 g/mol. The third-order valence-electron chi connectivity index (χ3n) is 1.82. The van der Waals surface area contributed by atoms with Gasteiger partial charge in [-0.05, 0) is 12.1 Å². The first-order chi connectivity index (χ1) is 7.10. The van der Waals surface area contributed by atoms with Gasteiger partial charge in [-0.1, -0.05) is 0 Å². The summed E-state index contributed by atoms with van der Waals surface area (Å²) in [7, 11) is 1.32. The maximum Gasteiger partial charge on any atom is 0.311 e. The van der Waals surface area contributed by atoms with Crippen LogP contribution in [-0.2, 0) is 0 Å². The number of ketones is 1. The Morgan fingerprint density at radius 1 is 1.60 bits per heavy atom. The molecule has 15 heavy (non-hydrogen) atoms. The number of methoxy groups -OCH3 is 1. The van der Waals surface area contributed by atoms with Gasteiger partial charge in [0.05, 0.1) is 17.9 Å². The van der Waals surface area contributed by atoms with Gasteiger partial charge in [-0.15, -0.1) is 11.6 Å². The Balaban J connectivity index is 3.22. The molecule has 0 fully saturated rings. The minimum absolute atomic E-state index is 0.117. The van der Waals surface area contributed by atoms with Crippen LogP contribution in [-0.4, -0.2) is 23.7 Å². The van der Waals surface area contributed by atoms with E-state index in [9.17, 15) is 14.9 Å². The van der Waals surface area contributed by atoms with Crippen LogP contribution in [0.2, 0.25) is 0 Å². The number of nitrogens with zero attached hydrogens (tertiary/aromatic N) is 1. The maximum atomic E-state index is 11.2. The molecule has 0 bridgehead atoms. The number of rotatable bonds is 4. The molecule has 0 aliphatic rings. The van der Waals surface area contributed by atoms with Crippen LogP contribution in [0.4, 0.5) is 5.69 Å². The number of ether oxygens (including phenoxy) is 1. The molecule has 0 unspecified atom stereocenters. The van der Waals surface area contributed by atoms with Gasteiger partial charge in [0.1, 0.15) is 0 Å². The van der Waals surface area contributed by atoms with E-state index in [1.54, 1.807) is 0 Å². The highest BCUT2D eigenvalue weighted by Crippen LogP contribution is 2.27. The number of benzene rings is 1. The number of nitro groups is 1. The van der Waals surface area contributed by atoms with Gasteiger partial charge >= 0.3 is 5.69 Å². The summed E-state index contributed by atoms with van der Waals surface area (Å²) in [6, 6.07) is 3.97. The lowest BCUT2D eigenvalue weighted by Crippen LogP contribution is -2.02. The smallest absolute Gasteiger partial charge is 0.311 e. The van der Waals surface area contributed by atoms with Gasteiger partial charge < -0.3 is 4.74 Å². The Morgan fingerprint density at radius 2 is 2.27 bits per heavy atom. The van der Waals surface area contributed by atoms with Gasteiger partial charge in [-0.2, -0.15) is 0 Å². The molecular weight excluding hydrogens is 222 g/mol. The van der Waals surface area contributed by atoms with Crippen molar-refractivity contribution >= 4 is 23.1 Å². The number of hydrogen-bond acceptors (Lipinski definition) is 4. The molecule has 0 radical (unpaired) electrons. The summed E-state index contributed by atoms with van der Waals surface area (Å²) in [4.78, 5) is 21.2. The van der Waals surface area contributed by atoms with Crippen LogP contribution in [0.3, 0.4) is 0 Å². The van der Waals surface area contributed by atoms with Crippen LogP contribution in [0.1, 0.15) is 10.4 Å². The molecule has 5 nitrogen and oxygen atoms in total. The van der Waals surface area contributed by atoms with Gasteiger partial charge in [0.25, 0.3) is 0 Å². The fourth-order valence-corrected chi connectivity index (χ4v) is 1.24. The molecule has 0 aromatic heterocycles. The van der Waals surface area contributed by atoms with Crippen molar-refractivity contribution < 1.29 is 14.5 Å². The van der Waals surface area contributed by atoms with E-state index in [2.05, 4.69) is 0 Å². The highest BCUT2D eigenvalue weighted by molar-refractivity contribution is 6.30. The first-order valence-electron chi connectivity index (χ1n) is 4.01. The Morgan fingerprint density at radius 3 is 2.73 bits per heavy atom. The normalized spacial score (nSPS) is 9.73. The quantitative estimate of drug-likeness (QED) is 0.343. The molecule has 0 amide bonds. The van der Waals surface area contributed by atoms with E-state index in [4.69, 9.17) is 16.3 Å². The van der Waals surface area contributed by atoms with Crippen molar-refractivity contribution in [2.45, 2.75) is 0 Å². The molecule has 80 valence electrons. The minimum Gasteiger partial charge on any atom is -0.490 e. The van der Waals surface area contributed by atoms with Crippen molar-refractivity contribution in [2.75, 3.05) is 13.0 Å². The van der Waals surface area contributed by atoms with Crippen molar-refractivity contribution in [1.29, 1.82) is 0 Å². The Kier molecular flexibility index (Phi) is 3.62. The monoisotopic (exact) mass is 229 g/mol. The average Bonchev–Trinajstić information content (AvgIpc) is 2.27. The van der Waals surface area contributed by atoms with Crippen molar-refractivity contribution in [2.24, 2.45) is 0 Å². The molecule has 1 aromatic rings. The third-order valence-corrected chi connectivity index (χ3v) is 2.06. The van der Waals surface area contributed by atoms with Gasteiger partial charge in [0.2, 0.25) is 0 Å². The lowest BCUT2D eigenvalue weighted by molar-refractivity contribution is -0.385. The maximum absolute atomic E-state index is 11.2. The van der Waals surface area contributed by atoms with Crippen LogP contribution in [0.25, 0.3) is 0 Å². The lowest BCUT2D eigenvalue weighted by atomic mass is 10.1. The summed E-state index contributed by atoms with van der Waals surface area (Å²) in [5.74, 6) is -0.447. The molecular formula is C9H8ClNO4. The summed E-state index contributed by atoms with van der Waals surface area (Å²) >= 11 is 5.34. The lowest BCUT2D eigenvalue weighted by Gasteiger charge is -2.02. The van der Waals surface area contributed by atoms with Crippen molar-refractivity contribution in [3.05, 3.63) is 33.9 Å². The first kappa shape index (κ1) is 11.5. The van der Waals surface area contributed by atoms with Gasteiger partial charge in [0, 0.05) is 11.6 Å². The SMILES string of the molecule is COc1ccc(C(=O)CCl)cc1[N+](=O)[O-]. The highest BCUT2D eigenvalue weighted by Gasteiger charge is 2.17. The summed E-state index contributed by atoms with van der Waals surface area (Å²) in [5, 5.41) is 10.6. The van der Waals surface area contributed by atoms with Crippen LogP contribution in [0.15, 0.2) is 18.2 Å². The molecule has 1 aromatic carbocycles. The standard InChI is InChI=1S/C9H8ClNO4/c1-15-9-3-2-6(8(12)5-10)4-7(9)11(13)14/h2-4H,5H2,1H3. The number of carbonyl (C=O) groups excluding carboxylic acids is 1. The minimum atomic E-state index is -0.607. The second kappa shape index (κ2) is 4.75. The molecule has 0 N–H and O–H groups in total. The van der Waals surface area contributed by atoms with E-state index in [0.717, 1.165) is 6.07 Å². The molecule has 0 spiro atoms. The van der Waals surface area contributed by atoms with Crippen molar-refractivity contribution in [3.8, 4) is 5.75 Å². The van der Waals surface area contributed by atoms with E-state index in [-0.39, 0.29) is 28.7 Å². The van der Waals surface area contributed by atoms with E-state index in [1.165, 1.54) is 19.2 Å². The van der Waals surface area contributed by atoms with Crippen molar-refractivity contribution in [1.82, 2.24) is 0 Å². The molecule has 1 rings (SSSR count). The molecule has 6 heteroatoms. The number of alkyl halides is 1. The van der Waals surface area contributed by atoms with E-state index < -0.39 is 4.92 Å². The van der Waals surface area contributed by atoms with Crippen molar-refractivity contribution in [3.63, 3.8) is 0 Å². The molecule has 0 aliphatic heterocycles. The predicted octanol–water partition coefficient (Wildman–Crippen LogP) is 2.02.